The minimum Gasteiger partial charge on any atom is -0.317 e. The molecular weight excluding hydrogens is 326 g/mol. The van der Waals surface area contributed by atoms with E-state index in [0.717, 1.165) is 37.2 Å². The zero-order valence-electron chi connectivity index (χ0n) is 14.0. The minimum absolute atomic E-state index is 0.295. The van der Waals surface area contributed by atoms with Crippen molar-refractivity contribution in [1.82, 2.24) is 24.6 Å². The molecule has 2 heterocycles. The van der Waals surface area contributed by atoms with Crippen LogP contribution in [0.3, 0.4) is 0 Å². The van der Waals surface area contributed by atoms with Gasteiger partial charge in [0.25, 0.3) is 0 Å². The maximum absolute atomic E-state index is 12.2. The van der Waals surface area contributed by atoms with Crippen molar-refractivity contribution in [3.8, 4) is 0 Å². The van der Waals surface area contributed by atoms with Crippen LogP contribution in [0.2, 0.25) is 0 Å². The van der Waals surface area contributed by atoms with Gasteiger partial charge in [-0.2, -0.15) is 0 Å². The second-order valence-corrected chi connectivity index (χ2v) is 8.45. The van der Waals surface area contributed by atoms with Gasteiger partial charge in [0.2, 0.25) is 10.0 Å². The lowest BCUT2D eigenvalue weighted by atomic mass is 9.95. The summed E-state index contributed by atoms with van der Waals surface area (Å²) in [7, 11) is -0.358. The van der Waals surface area contributed by atoms with E-state index in [-0.39, 0.29) is 0 Å². The Hall–Kier alpha value is -1.77. The van der Waals surface area contributed by atoms with E-state index in [1.54, 1.807) is 22.9 Å². The van der Waals surface area contributed by atoms with Crippen LogP contribution in [0.1, 0.15) is 30.0 Å². The van der Waals surface area contributed by atoms with E-state index in [0.29, 0.717) is 17.4 Å². The number of sulfonamides is 1. The number of nitrogens with one attached hydrogen (secondary N) is 1. The van der Waals surface area contributed by atoms with Crippen molar-refractivity contribution in [3.63, 3.8) is 0 Å². The molecule has 1 aliphatic rings. The van der Waals surface area contributed by atoms with Gasteiger partial charge in [0, 0.05) is 26.2 Å². The maximum Gasteiger partial charge on any atom is 0.242 e. The van der Waals surface area contributed by atoms with Gasteiger partial charge in [0.1, 0.15) is 0 Å². The van der Waals surface area contributed by atoms with Crippen LogP contribution < -0.4 is 5.32 Å². The Morgan fingerprint density at radius 2 is 2.04 bits per heavy atom. The summed E-state index contributed by atoms with van der Waals surface area (Å²) in [5.41, 5.74) is 1.91. The molecule has 1 aromatic carbocycles. The van der Waals surface area contributed by atoms with Crippen LogP contribution in [0.25, 0.3) is 0 Å². The molecule has 0 amide bonds. The number of nitrogens with zero attached hydrogens (tertiary/aromatic N) is 4. The first kappa shape index (κ1) is 17.1. The summed E-state index contributed by atoms with van der Waals surface area (Å²) in [6, 6.07) is 6.97. The molecule has 1 aromatic heterocycles. The zero-order chi connectivity index (χ0) is 17.2. The standard InChI is InChI=1S/C16H23N5O2S/c1-20(2)24(22,23)15-5-3-4-13(10-15)11-21-12-16(18-19-21)14-6-8-17-9-7-14/h3-5,10,12,14,17H,6-9,11H2,1-2H3. The molecule has 1 saturated heterocycles. The Labute approximate surface area is 142 Å². The van der Waals surface area contributed by atoms with E-state index < -0.39 is 10.0 Å². The van der Waals surface area contributed by atoms with Crippen molar-refractivity contribution in [2.24, 2.45) is 0 Å². The quantitative estimate of drug-likeness (QED) is 0.872. The average Bonchev–Trinajstić information content (AvgIpc) is 3.04. The molecule has 0 spiro atoms. The van der Waals surface area contributed by atoms with Crippen molar-refractivity contribution in [1.29, 1.82) is 0 Å². The van der Waals surface area contributed by atoms with Crippen LogP contribution >= 0.6 is 0 Å². The van der Waals surface area contributed by atoms with E-state index in [4.69, 9.17) is 0 Å². The first-order chi connectivity index (χ1) is 11.5. The van der Waals surface area contributed by atoms with Crippen molar-refractivity contribution in [2.75, 3.05) is 27.2 Å². The molecule has 0 radical (unpaired) electrons. The highest BCUT2D eigenvalue weighted by Crippen LogP contribution is 2.23. The Morgan fingerprint density at radius 1 is 1.29 bits per heavy atom. The molecule has 24 heavy (non-hydrogen) atoms. The van der Waals surface area contributed by atoms with E-state index in [1.165, 1.54) is 18.4 Å². The summed E-state index contributed by atoms with van der Waals surface area (Å²) >= 11 is 0. The Kier molecular flexibility index (Phi) is 4.98. The van der Waals surface area contributed by atoms with Gasteiger partial charge in [-0.15, -0.1) is 5.10 Å². The van der Waals surface area contributed by atoms with Crippen LogP contribution in [0.4, 0.5) is 0 Å². The highest BCUT2D eigenvalue weighted by molar-refractivity contribution is 7.89. The van der Waals surface area contributed by atoms with Gasteiger partial charge < -0.3 is 5.32 Å². The van der Waals surface area contributed by atoms with Crippen LogP contribution in [0.15, 0.2) is 35.4 Å². The lowest BCUT2D eigenvalue weighted by molar-refractivity contribution is 0.453. The lowest BCUT2D eigenvalue weighted by Gasteiger charge is -2.20. The first-order valence-corrected chi connectivity index (χ1v) is 9.53. The molecule has 1 fully saturated rings. The average molecular weight is 349 g/mol. The highest BCUT2D eigenvalue weighted by Gasteiger charge is 2.19. The molecule has 130 valence electrons. The van der Waals surface area contributed by atoms with Crippen molar-refractivity contribution >= 4 is 10.0 Å². The molecule has 0 bridgehead atoms. The van der Waals surface area contributed by atoms with Gasteiger partial charge >= 0.3 is 0 Å². The molecule has 1 N–H and O–H groups in total. The van der Waals surface area contributed by atoms with Gasteiger partial charge in [-0.1, -0.05) is 17.3 Å². The fourth-order valence-corrected chi connectivity index (χ4v) is 3.87. The SMILES string of the molecule is CN(C)S(=O)(=O)c1cccc(Cn2cc(C3CCNCC3)nn2)c1. The topological polar surface area (TPSA) is 80.1 Å². The minimum atomic E-state index is -3.42. The molecular formula is C16H23N5O2S. The lowest BCUT2D eigenvalue weighted by Crippen LogP contribution is -2.26. The summed E-state index contributed by atoms with van der Waals surface area (Å²) in [6.07, 6.45) is 4.13. The number of hydrogen-bond donors (Lipinski definition) is 1. The van der Waals surface area contributed by atoms with Gasteiger partial charge in [0.15, 0.2) is 0 Å². The number of aromatic nitrogens is 3. The van der Waals surface area contributed by atoms with Gasteiger partial charge in [-0.3, -0.25) is 0 Å². The van der Waals surface area contributed by atoms with E-state index in [2.05, 4.69) is 15.6 Å². The Morgan fingerprint density at radius 3 is 2.75 bits per heavy atom. The Bertz CT molecular complexity index is 794. The smallest absolute Gasteiger partial charge is 0.242 e. The van der Waals surface area contributed by atoms with E-state index in [9.17, 15) is 8.42 Å². The third-order valence-corrected chi connectivity index (χ3v) is 6.15. The summed E-state index contributed by atoms with van der Waals surface area (Å²) < 4.78 is 27.5. The predicted octanol–water partition coefficient (Wildman–Crippen LogP) is 1.04. The maximum atomic E-state index is 12.2. The van der Waals surface area contributed by atoms with Crippen LogP contribution in [-0.4, -0.2) is 54.9 Å². The third-order valence-electron chi connectivity index (χ3n) is 4.34. The molecule has 2 aromatic rings. The number of hydrogen-bond acceptors (Lipinski definition) is 5. The molecule has 1 aliphatic heterocycles. The number of rotatable bonds is 5. The normalized spacial score (nSPS) is 16.6. The molecule has 0 unspecified atom stereocenters. The molecule has 0 saturated carbocycles. The van der Waals surface area contributed by atoms with Crippen LogP contribution in [-0.2, 0) is 16.6 Å². The van der Waals surface area contributed by atoms with Crippen molar-refractivity contribution in [3.05, 3.63) is 41.7 Å². The van der Waals surface area contributed by atoms with Gasteiger partial charge in [0.05, 0.1) is 17.1 Å². The zero-order valence-corrected chi connectivity index (χ0v) is 14.8. The third kappa shape index (κ3) is 3.66. The Balaban J connectivity index is 1.76. The van der Waals surface area contributed by atoms with Crippen molar-refractivity contribution < 1.29 is 8.42 Å². The first-order valence-electron chi connectivity index (χ1n) is 8.09. The second-order valence-electron chi connectivity index (χ2n) is 6.30. The summed E-state index contributed by atoms with van der Waals surface area (Å²) in [5.74, 6) is 0.459. The molecule has 7 nitrogen and oxygen atoms in total. The van der Waals surface area contributed by atoms with E-state index >= 15 is 0 Å². The van der Waals surface area contributed by atoms with Gasteiger partial charge in [-0.05, 0) is 43.6 Å². The van der Waals surface area contributed by atoms with Crippen LogP contribution in [0, 0.1) is 0 Å². The van der Waals surface area contributed by atoms with Gasteiger partial charge in [-0.25, -0.2) is 17.4 Å². The summed E-state index contributed by atoms with van der Waals surface area (Å²) in [5, 5.41) is 11.8. The fourth-order valence-electron chi connectivity index (χ4n) is 2.90. The largest absolute Gasteiger partial charge is 0.317 e. The second kappa shape index (κ2) is 7.00. The highest BCUT2D eigenvalue weighted by atomic mass is 32.2. The fraction of sp³-hybridized carbons (Fsp3) is 0.500. The predicted molar refractivity (Wildman–Crippen MR) is 91.3 cm³/mol. The summed E-state index contributed by atoms with van der Waals surface area (Å²) in [6.45, 7) is 2.54. The molecule has 3 rings (SSSR count). The number of piperidine rings is 1. The molecule has 0 atom stereocenters. The summed E-state index contributed by atoms with van der Waals surface area (Å²) in [4.78, 5) is 0.295. The van der Waals surface area contributed by atoms with Crippen molar-refractivity contribution in [2.45, 2.75) is 30.2 Å². The number of benzene rings is 1. The molecule has 8 heteroatoms. The van der Waals surface area contributed by atoms with Crippen LogP contribution in [0.5, 0.6) is 0 Å². The molecule has 0 aliphatic carbocycles. The van der Waals surface area contributed by atoms with E-state index in [1.807, 2.05) is 12.3 Å². The monoisotopic (exact) mass is 349 g/mol.